The highest BCUT2D eigenvalue weighted by molar-refractivity contribution is 5.78. The lowest BCUT2D eigenvalue weighted by Gasteiger charge is -2.43. The van der Waals surface area contributed by atoms with Gasteiger partial charge in [0.05, 0.1) is 17.7 Å². The number of carbonyl (C=O) groups excluding carboxylic acids is 1. The highest BCUT2D eigenvalue weighted by Crippen LogP contribution is 2.34. The molecule has 1 aromatic heterocycles. The molecule has 0 aliphatic carbocycles. The van der Waals surface area contributed by atoms with Gasteiger partial charge in [-0.05, 0) is 53.8 Å². The van der Waals surface area contributed by atoms with E-state index in [0.717, 1.165) is 50.1 Å². The number of hydrogen-bond donors (Lipinski definition) is 1. The molecule has 3 heterocycles. The summed E-state index contributed by atoms with van der Waals surface area (Å²) in [6, 6.07) is 7.85. The van der Waals surface area contributed by atoms with E-state index in [-0.39, 0.29) is 17.6 Å². The van der Waals surface area contributed by atoms with Gasteiger partial charge < -0.3 is 14.8 Å². The fourth-order valence-electron chi connectivity index (χ4n) is 3.75. The van der Waals surface area contributed by atoms with Crippen molar-refractivity contribution in [3.8, 4) is 5.69 Å². The van der Waals surface area contributed by atoms with Gasteiger partial charge in [-0.3, -0.25) is 4.79 Å². The molecule has 1 aromatic carbocycles. The van der Waals surface area contributed by atoms with Gasteiger partial charge in [0.2, 0.25) is 5.91 Å². The Morgan fingerprint density at radius 2 is 2.04 bits per heavy atom. The third-order valence-electron chi connectivity index (χ3n) is 5.18. The van der Waals surface area contributed by atoms with Crippen molar-refractivity contribution in [2.45, 2.75) is 43.7 Å². The zero-order chi connectivity index (χ0) is 17.8. The lowest BCUT2D eigenvalue weighted by molar-refractivity contribution is -0.143. The molecular weight excluding hydrogens is 334 g/mol. The van der Waals surface area contributed by atoms with Gasteiger partial charge in [0.15, 0.2) is 0 Å². The molecule has 26 heavy (non-hydrogen) atoms. The molecule has 0 bridgehead atoms. The van der Waals surface area contributed by atoms with E-state index >= 15 is 0 Å². The largest absolute Gasteiger partial charge is 0.381 e. The van der Waals surface area contributed by atoms with Crippen LogP contribution in [0, 0.1) is 0 Å². The third kappa shape index (κ3) is 3.91. The Labute approximate surface area is 151 Å². The first-order chi connectivity index (χ1) is 12.7. The summed E-state index contributed by atoms with van der Waals surface area (Å²) in [6.45, 7) is 2.19. The van der Waals surface area contributed by atoms with Gasteiger partial charge in [-0.25, -0.2) is 4.68 Å². The highest BCUT2D eigenvalue weighted by Gasteiger charge is 2.39. The van der Waals surface area contributed by atoms with Gasteiger partial charge in [-0.1, -0.05) is 12.1 Å². The molecule has 1 N–H and O–H groups in total. The number of nitrogens with zero attached hydrogens (tertiary/aromatic N) is 4. The second-order valence-corrected chi connectivity index (χ2v) is 7.00. The molecule has 1 spiro atoms. The van der Waals surface area contributed by atoms with Gasteiger partial charge >= 0.3 is 0 Å². The van der Waals surface area contributed by atoms with Gasteiger partial charge in [0.25, 0.3) is 0 Å². The van der Waals surface area contributed by atoms with Crippen molar-refractivity contribution in [3.05, 3.63) is 36.2 Å². The fraction of sp³-hybridized carbons (Fsp3) is 0.556. The van der Waals surface area contributed by atoms with E-state index in [1.165, 1.54) is 0 Å². The predicted octanol–water partition coefficient (Wildman–Crippen LogP) is 1.05. The van der Waals surface area contributed by atoms with Crippen LogP contribution in [0.1, 0.15) is 31.2 Å². The molecule has 8 nitrogen and oxygen atoms in total. The number of carbonyl (C=O) groups is 1. The summed E-state index contributed by atoms with van der Waals surface area (Å²) < 4.78 is 13.1. The average molecular weight is 357 g/mol. The minimum Gasteiger partial charge on any atom is -0.381 e. The summed E-state index contributed by atoms with van der Waals surface area (Å²) in [5.74, 6) is 0.0503. The Morgan fingerprint density at radius 3 is 2.77 bits per heavy atom. The predicted molar refractivity (Wildman–Crippen MR) is 92.8 cm³/mol. The van der Waals surface area contributed by atoms with E-state index in [2.05, 4.69) is 20.8 Å². The summed E-state index contributed by atoms with van der Waals surface area (Å²) >= 11 is 0. The average Bonchev–Trinajstić information content (AvgIpc) is 3.18. The molecule has 2 aromatic rings. The molecule has 2 aliphatic heterocycles. The van der Waals surface area contributed by atoms with Crippen molar-refractivity contribution < 1.29 is 14.3 Å². The molecule has 4 rings (SSSR count). The van der Waals surface area contributed by atoms with E-state index in [1.807, 2.05) is 24.3 Å². The Kier molecular flexibility index (Phi) is 4.94. The molecule has 8 heteroatoms. The van der Waals surface area contributed by atoms with Crippen LogP contribution in [0.15, 0.2) is 30.6 Å². The molecule has 1 atom stereocenters. The van der Waals surface area contributed by atoms with Crippen LogP contribution in [-0.4, -0.2) is 57.6 Å². The number of benzene rings is 1. The number of ether oxygens (including phenoxy) is 2. The van der Waals surface area contributed by atoms with Crippen molar-refractivity contribution in [2.24, 2.45) is 0 Å². The van der Waals surface area contributed by atoms with E-state index in [9.17, 15) is 4.79 Å². The normalized spacial score (nSPS) is 22.2. The second kappa shape index (κ2) is 7.51. The molecule has 0 radical (unpaired) electrons. The van der Waals surface area contributed by atoms with Crippen molar-refractivity contribution in [3.63, 3.8) is 0 Å². The lowest BCUT2D eigenvalue weighted by atomic mass is 9.84. The fourth-order valence-corrected chi connectivity index (χ4v) is 3.75. The van der Waals surface area contributed by atoms with Crippen LogP contribution in [-0.2, 0) is 20.7 Å². The summed E-state index contributed by atoms with van der Waals surface area (Å²) in [5, 5.41) is 14.3. The van der Waals surface area contributed by atoms with Crippen molar-refractivity contribution >= 4 is 5.91 Å². The number of amides is 1. The van der Waals surface area contributed by atoms with Crippen LogP contribution in [0.25, 0.3) is 5.69 Å². The molecular formula is C18H23N5O3. The standard InChI is InChI=1S/C18H23N5O3/c24-17(11-14-1-3-16(4-2-14)23-13-19-21-22-23)20-15-5-8-26-18(12-15)6-9-25-10-7-18/h1-4,13,15H,5-12H2,(H,20,24)/t15-/m1/s1. The summed E-state index contributed by atoms with van der Waals surface area (Å²) in [7, 11) is 0. The van der Waals surface area contributed by atoms with Crippen LogP contribution in [0.2, 0.25) is 0 Å². The molecule has 0 saturated carbocycles. The molecule has 2 aliphatic rings. The smallest absolute Gasteiger partial charge is 0.224 e. The molecule has 138 valence electrons. The molecule has 2 saturated heterocycles. The highest BCUT2D eigenvalue weighted by atomic mass is 16.5. The summed E-state index contributed by atoms with van der Waals surface area (Å²) in [4.78, 5) is 12.5. The van der Waals surface area contributed by atoms with Crippen LogP contribution in [0.5, 0.6) is 0 Å². The monoisotopic (exact) mass is 357 g/mol. The Morgan fingerprint density at radius 1 is 1.23 bits per heavy atom. The van der Waals surface area contributed by atoms with Crippen molar-refractivity contribution in [1.82, 2.24) is 25.5 Å². The Hall–Kier alpha value is -2.32. The quantitative estimate of drug-likeness (QED) is 0.879. The number of tetrazole rings is 1. The van der Waals surface area contributed by atoms with Crippen molar-refractivity contribution in [1.29, 1.82) is 0 Å². The maximum atomic E-state index is 12.5. The topological polar surface area (TPSA) is 91.2 Å². The number of aromatic nitrogens is 4. The first kappa shape index (κ1) is 17.1. The zero-order valence-corrected chi connectivity index (χ0v) is 14.6. The summed E-state index contributed by atoms with van der Waals surface area (Å²) in [5.41, 5.74) is 1.72. The minimum atomic E-state index is -0.109. The first-order valence-electron chi connectivity index (χ1n) is 9.06. The third-order valence-corrected chi connectivity index (χ3v) is 5.18. The summed E-state index contributed by atoms with van der Waals surface area (Å²) in [6.07, 6.45) is 5.48. The van der Waals surface area contributed by atoms with Crippen LogP contribution in [0.3, 0.4) is 0 Å². The van der Waals surface area contributed by atoms with E-state index in [4.69, 9.17) is 9.47 Å². The molecule has 0 unspecified atom stereocenters. The lowest BCUT2D eigenvalue weighted by Crippen LogP contribution is -2.51. The number of rotatable bonds is 4. The minimum absolute atomic E-state index is 0.0503. The SMILES string of the molecule is O=C(Cc1ccc(-n2cnnn2)cc1)N[C@@H]1CCOC2(CCOCC2)C1. The van der Waals surface area contributed by atoms with E-state index < -0.39 is 0 Å². The molecule has 1 amide bonds. The van der Waals surface area contributed by atoms with E-state index in [0.29, 0.717) is 13.0 Å². The Bertz CT molecular complexity index is 720. The van der Waals surface area contributed by atoms with Crippen LogP contribution >= 0.6 is 0 Å². The van der Waals surface area contributed by atoms with Crippen LogP contribution < -0.4 is 5.32 Å². The molecule has 2 fully saturated rings. The Balaban J connectivity index is 1.32. The van der Waals surface area contributed by atoms with Crippen LogP contribution in [0.4, 0.5) is 0 Å². The number of nitrogens with one attached hydrogen (secondary N) is 1. The first-order valence-corrected chi connectivity index (χ1v) is 9.06. The van der Waals surface area contributed by atoms with Crippen molar-refractivity contribution in [2.75, 3.05) is 19.8 Å². The number of hydrogen-bond acceptors (Lipinski definition) is 6. The van der Waals surface area contributed by atoms with Gasteiger partial charge in [-0.2, -0.15) is 0 Å². The van der Waals surface area contributed by atoms with Gasteiger partial charge in [-0.15, -0.1) is 5.10 Å². The van der Waals surface area contributed by atoms with E-state index in [1.54, 1.807) is 11.0 Å². The van der Waals surface area contributed by atoms with Gasteiger partial charge in [0.1, 0.15) is 6.33 Å². The second-order valence-electron chi connectivity index (χ2n) is 7.00. The maximum Gasteiger partial charge on any atom is 0.224 e. The van der Waals surface area contributed by atoms with Gasteiger partial charge in [0, 0.05) is 25.9 Å². The maximum absolute atomic E-state index is 12.5. The zero-order valence-electron chi connectivity index (χ0n) is 14.6.